The standard InChI is InChI=1S/C11H11F3N2O/c1-7(6-10(17)11(12,13)14)16-9-5-3-2-4-8(9)15/h2-6,16H,15H2,1H3/b7-6-. The normalized spacial score (nSPS) is 12.4. The van der Waals surface area contributed by atoms with Crippen molar-refractivity contribution in [2.75, 3.05) is 11.1 Å². The van der Waals surface area contributed by atoms with Gasteiger partial charge in [0.15, 0.2) is 0 Å². The van der Waals surface area contributed by atoms with Crippen molar-refractivity contribution in [2.24, 2.45) is 0 Å². The number of benzene rings is 1. The van der Waals surface area contributed by atoms with E-state index in [0.717, 1.165) is 0 Å². The number of para-hydroxylation sites is 2. The highest BCUT2D eigenvalue weighted by atomic mass is 19.4. The molecule has 0 saturated carbocycles. The van der Waals surface area contributed by atoms with Crippen LogP contribution in [0.4, 0.5) is 24.5 Å². The summed E-state index contributed by atoms with van der Waals surface area (Å²) in [6.45, 7) is 1.36. The average Bonchev–Trinajstić information content (AvgIpc) is 2.20. The van der Waals surface area contributed by atoms with Gasteiger partial charge in [-0.05, 0) is 19.1 Å². The van der Waals surface area contributed by atoms with Crippen LogP contribution in [-0.2, 0) is 4.79 Å². The summed E-state index contributed by atoms with van der Waals surface area (Å²) in [5, 5.41) is 2.63. The van der Waals surface area contributed by atoms with Crippen LogP contribution in [0.15, 0.2) is 36.0 Å². The Bertz CT molecular complexity index is 452. The Morgan fingerprint density at radius 1 is 1.35 bits per heavy atom. The predicted octanol–water partition coefficient (Wildman–Crippen LogP) is 2.72. The Balaban J connectivity index is 2.80. The van der Waals surface area contributed by atoms with Crippen molar-refractivity contribution in [3.05, 3.63) is 36.0 Å². The van der Waals surface area contributed by atoms with Crippen LogP contribution >= 0.6 is 0 Å². The molecule has 3 N–H and O–H groups in total. The lowest BCUT2D eigenvalue weighted by molar-refractivity contribution is -0.165. The minimum atomic E-state index is -4.86. The van der Waals surface area contributed by atoms with Crippen LogP contribution in [0.1, 0.15) is 6.92 Å². The monoisotopic (exact) mass is 244 g/mol. The number of rotatable bonds is 3. The van der Waals surface area contributed by atoms with Crippen molar-refractivity contribution in [2.45, 2.75) is 13.1 Å². The number of allylic oxidation sites excluding steroid dienone is 2. The number of alkyl halides is 3. The maximum absolute atomic E-state index is 12.0. The first kappa shape index (κ1) is 13.1. The van der Waals surface area contributed by atoms with E-state index in [2.05, 4.69) is 5.32 Å². The summed E-state index contributed by atoms with van der Waals surface area (Å²) in [6.07, 6.45) is -4.36. The summed E-state index contributed by atoms with van der Waals surface area (Å²) in [7, 11) is 0. The first-order chi connectivity index (χ1) is 7.80. The van der Waals surface area contributed by atoms with Crippen LogP contribution in [0.25, 0.3) is 0 Å². The van der Waals surface area contributed by atoms with E-state index in [-0.39, 0.29) is 5.70 Å². The molecule has 3 nitrogen and oxygen atoms in total. The Hall–Kier alpha value is -1.98. The van der Waals surface area contributed by atoms with E-state index in [1.165, 1.54) is 6.92 Å². The van der Waals surface area contributed by atoms with Crippen molar-refractivity contribution in [1.82, 2.24) is 0 Å². The van der Waals surface area contributed by atoms with E-state index in [1.807, 2.05) is 0 Å². The third-order valence-electron chi connectivity index (χ3n) is 1.92. The molecule has 0 bridgehead atoms. The molecule has 92 valence electrons. The van der Waals surface area contributed by atoms with Crippen LogP contribution in [0, 0.1) is 0 Å². The summed E-state index contributed by atoms with van der Waals surface area (Å²) < 4.78 is 35.9. The van der Waals surface area contributed by atoms with Crippen molar-refractivity contribution in [3.8, 4) is 0 Å². The number of nitrogen functional groups attached to an aromatic ring is 1. The van der Waals surface area contributed by atoms with Gasteiger partial charge in [0.25, 0.3) is 5.78 Å². The van der Waals surface area contributed by atoms with Crippen LogP contribution in [0.3, 0.4) is 0 Å². The molecular formula is C11H11F3N2O. The highest BCUT2D eigenvalue weighted by Gasteiger charge is 2.36. The van der Waals surface area contributed by atoms with Crippen LogP contribution in [0.2, 0.25) is 0 Å². The molecule has 0 saturated heterocycles. The summed E-state index contributed by atoms with van der Waals surface area (Å²) in [6, 6.07) is 6.57. The first-order valence-corrected chi connectivity index (χ1v) is 4.71. The molecule has 0 heterocycles. The van der Waals surface area contributed by atoms with Crippen molar-refractivity contribution in [1.29, 1.82) is 0 Å². The number of anilines is 2. The molecule has 0 amide bonds. The second-order valence-corrected chi connectivity index (χ2v) is 3.40. The molecule has 0 aliphatic carbocycles. The molecule has 0 aromatic heterocycles. The molecule has 0 fully saturated rings. The fraction of sp³-hybridized carbons (Fsp3) is 0.182. The van der Waals surface area contributed by atoms with Crippen molar-refractivity contribution >= 4 is 17.2 Å². The van der Waals surface area contributed by atoms with Gasteiger partial charge >= 0.3 is 6.18 Å². The van der Waals surface area contributed by atoms with Gasteiger partial charge in [0, 0.05) is 11.8 Å². The summed E-state index contributed by atoms with van der Waals surface area (Å²) in [4.78, 5) is 10.7. The van der Waals surface area contributed by atoms with E-state index >= 15 is 0 Å². The Morgan fingerprint density at radius 2 is 1.94 bits per heavy atom. The van der Waals surface area contributed by atoms with Gasteiger partial charge in [-0.15, -0.1) is 0 Å². The van der Waals surface area contributed by atoms with Crippen molar-refractivity contribution in [3.63, 3.8) is 0 Å². The molecule has 1 rings (SSSR count). The second kappa shape index (κ2) is 4.90. The number of nitrogens with one attached hydrogen (secondary N) is 1. The smallest absolute Gasteiger partial charge is 0.397 e. The number of nitrogens with two attached hydrogens (primary N) is 1. The molecule has 0 unspecified atom stereocenters. The third kappa shape index (κ3) is 3.82. The van der Waals surface area contributed by atoms with E-state index in [9.17, 15) is 18.0 Å². The zero-order chi connectivity index (χ0) is 13.1. The maximum atomic E-state index is 12.0. The molecule has 1 aromatic carbocycles. The van der Waals surface area contributed by atoms with E-state index in [0.29, 0.717) is 17.5 Å². The van der Waals surface area contributed by atoms with Gasteiger partial charge in [0.2, 0.25) is 0 Å². The molecule has 0 spiro atoms. The summed E-state index contributed by atoms with van der Waals surface area (Å²) in [5.74, 6) is -1.91. The minimum absolute atomic E-state index is 0.0743. The fourth-order valence-corrected chi connectivity index (χ4v) is 1.14. The minimum Gasteiger partial charge on any atom is -0.397 e. The molecule has 6 heteroatoms. The number of ketones is 1. The summed E-state index contributed by atoms with van der Waals surface area (Å²) >= 11 is 0. The highest BCUT2D eigenvalue weighted by molar-refractivity contribution is 5.95. The molecule has 0 atom stereocenters. The SMILES string of the molecule is C/C(=C/C(=O)C(F)(F)F)Nc1ccccc1N. The topological polar surface area (TPSA) is 55.1 Å². The van der Waals surface area contributed by atoms with Crippen LogP contribution in [-0.4, -0.2) is 12.0 Å². The predicted molar refractivity (Wildman–Crippen MR) is 59.3 cm³/mol. The number of halogens is 3. The van der Waals surface area contributed by atoms with Gasteiger partial charge in [0.05, 0.1) is 11.4 Å². The number of carbonyl (C=O) groups is 1. The number of hydrogen-bond acceptors (Lipinski definition) is 3. The largest absolute Gasteiger partial charge is 0.454 e. The maximum Gasteiger partial charge on any atom is 0.454 e. The van der Waals surface area contributed by atoms with Crippen molar-refractivity contribution < 1.29 is 18.0 Å². The van der Waals surface area contributed by atoms with Gasteiger partial charge in [-0.3, -0.25) is 4.79 Å². The number of carbonyl (C=O) groups excluding carboxylic acids is 1. The van der Waals surface area contributed by atoms with Gasteiger partial charge in [0.1, 0.15) is 0 Å². The van der Waals surface area contributed by atoms with Gasteiger partial charge in [-0.1, -0.05) is 12.1 Å². The number of hydrogen-bond donors (Lipinski definition) is 2. The van der Waals surface area contributed by atoms with E-state index in [1.54, 1.807) is 24.3 Å². The fourth-order valence-electron chi connectivity index (χ4n) is 1.14. The molecular weight excluding hydrogens is 233 g/mol. The zero-order valence-corrected chi connectivity index (χ0v) is 9.01. The Kier molecular flexibility index (Phi) is 3.77. The first-order valence-electron chi connectivity index (χ1n) is 4.71. The lowest BCUT2D eigenvalue weighted by atomic mass is 10.2. The molecule has 17 heavy (non-hydrogen) atoms. The van der Waals surface area contributed by atoms with Crippen LogP contribution < -0.4 is 11.1 Å². The molecule has 0 radical (unpaired) electrons. The van der Waals surface area contributed by atoms with E-state index < -0.39 is 12.0 Å². The third-order valence-corrected chi connectivity index (χ3v) is 1.92. The van der Waals surface area contributed by atoms with E-state index in [4.69, 9.17) is 5.73 Å². The quantitative estimate of drug-likeness (QED) is 0.635. The van der Waals surface area contributed by atoms with Crippen LogP contribution in [0.5, 0.6) is 0 Å². The lowest BCUT2D eigenvalue weighted by Gasteiger charge is -2.09. The molecule has 0 aliphatic heterocycles. The van der Waals surface area contributed by atoms with Gasteiger partial charge in [-0.2, -0.15) is 13.2 Å². The molecule has 1 aromatic rings. The lowest BCUT2D eigenvalue weighted by Crippen LogP contribution is -2.21. The van der Waals surface area contributed by atoms with Gasteiger partial charge < -0.3 is 11.1 Å². The second-order valence-electron chi connectivity index (χ2n) is 3.40. The van der Waals surface area contributed by atoms with Gasteiger partial charge in [-0.25, -0.2) is 0 Å². The Labute approximate surface area is 96.1 Å². The summed E-state index contributed by atoms with van der Waals surface area (Å²) in [5.41, 5.74) is 6.51. The average molecular weight is 244 g/mol. The zero-order valence-electron chi connectivity index (χ0n) is 9.01. The Morgan fingerprint density at radius 3 is 2.47 bits per heavy atom. The molecule has 0 aliphatic rings. The highest BCUT2D eigenvalue weighted by Crippen LogP contribution is 2.20.